The number of nitrogens with zero attached hydrogens (tertiary/aromatic N) is 2. The summed E-state index contributed by atoms with van der Waals surface area (Å²) in [5.74, 6) is 0.330. The Morgan fingerprint density at radius 3 is 2.62 bits per heavy atom. The minimum absolute atomic E-state index is 0.0298. The Kier molecular flexibility index (Phi) is 4.72. The molecule has 6 nitrogen and oxygen atoms in total. The summed E-state index contributed by atoms with van der Waals surface area (Å²) in [5, 5.41) is 1.24. The van der Waals surface area contributed by atoms with Crippen molar-refractivity contribution in [1.82, 2.24) is 4.98 Å². The molecule has 1 unspecified atom stereocenters. The van der Waals surface area contributed by atoms with E-state index in [-0.39, 0.29) is 11.2 Å². The number of aryl methyl sites for hydroxylation is 1. The van der Waals surface area contributed by atoms with Crippen LogP contribution in [0.15, 0.2) is 69.9 Å². The van der Waals surface area contributed by atoms with E-state index in [0.717, 1.165) is 21.3 Å². The van der Waals surface area contributed by atoms with Crippen molar-refractivity contribution in [2.24, 2.45) is 0 Å². The van der Waals surface area contributed by atoms with Gasteiger partial charge in [0.25, 0.3) is 5.91 Å². The predicted octanol–water partition coefficient (Wildman–Crippen LogP) is 6.12. The second kappa shape index (κ2) is 7.68. The maximum absolute atomic E-state index is 13.7. The van der Waals surface area contributed by atoms with Gasteiger partial charge in [0, 0.05) is 5.02 Å². The quantitative estimate of drug-likeness (QED) is 0.306. The van der Waals surface area contributed by atoms with Crippen molar-refractivity contribution < 1.29 is 13.9 Å². The second-order valence-electron chi connectivity index (χ2n) is 8.13. The third kappa shape index (κ3) is 3.12. The van der Waals surface area contributed by atoms with Crippen molar-refractivity contribution in [3.05, 3.63) is 98.4 Å². The van der Waals surface area contributed by atoms with E-state index in [4.69, 9.17) is 25.7 Å². The number of hydrogen-bond acceptors (Lipinski definition) is 6. The minimum atomic E-state index is -0.676. The summed E-state index contributed by atoms with van der Waals surface area (Å²) < 4.78 is 12.2. The highest BCUT2D eigenvalue weighted by molar-refractivity contribution is 7.22. The molecule has 6 rings (SSSR count). The van der Waals surface area contributed by atoms with Gasteiger partial charge in [-0.25, -0.2) is 4.98 Å². The highest BCUT2D eigenvalue weighted by Gasteiger charge is 2.45. The van der Waals surface area contributed by atoms with E-state index in [1.54, 1.807) is 30.2 Å². The van der Waals surface area contributed by atoms with Crippen molar-refractivity contribution in [2.45, 2.75) is 13.0 Å². The fourth-order valence-corrected chi connectivity index (χ4v) is 5.52. The smallest absolute Gasteiger partial charge is 0.297 e. The van der Waals surface area contributed by atoms with E-state index in [9.17, 15) is 9.59 Å². The topological polar surface area (TPSA) is 72.6 Å². The van der Waals surface area contributed by atoms with Gasteiger partial charge in [-0.1, -0.05) is 52.8 Å². The van der Waals surface area contributed by atoms with Gasteiger partial charge in [0.05, 0.1) is 34.3 Å². The fraction of sp³-hybridized carbons (Fsp3) is 0.115. The molecule has 0 radical (unpaired) electrons. The maximum Gasteiger partial charge on any atom is 0.297 e. The summed E-state index contributed by atoms with van der Waals surface area (Å²) in [5.41, 5.74) is 2.94. The highest BCUT2D eigenvalue weighted by atomic mass is 35.5. The molecule has 1 amide bonds. The number of amides is 1. The Bertz CT molecular complexity index is 1670. The summed E-state index contributed by atoms with van der Waals surface area (Å²) in [7, 11) is 1.60. The van der Waals surface area contributed by atoms with Crippen LogP contribution in [0.5, 0.6) is 5.75 Å². The number of carbonyl (C=O) groups is 1. The number of hydrogen-bond donors (Lipinski definition) is 0. The number of thiazole rings is 1. The molecule has 0 saturated heterocycles. The SMILES string of the molecule is COc1ccc2nc(N3C(=O)c4oc5ccc(Cl)cc5c(=O)c4C3c3ccc(C)cc3)sc2c1. The lowest BCUT2D eigenvalue weighted by molar-refractivity contribution is 0.0971. The van der Waals surface area contributed by atoms with Crippen molar-refractivity contribution in [1.29, 1.82) is 0 Å². The van der Waals surface area contributed by atoms with Crippen LogP contribution in [0.25, 0.3) is 21.2 Å². The largest absolute Gasteiger partial charge is 0.497 e. The van der Waals surface area contributed by atoms with Crippen LogP contribution in [0.4, 0.5) is 5.13 Å². The van der Waals surface area contributed by atoms with Gasteiger partial charge in [0.1, 0.15) is 11.3 Å². The van der Waals surface area contributed by atoms with E-state index in [1.165, 1.54) is 11.3 Å². The van der Waals surface area contributed by atoms with Gasteiger partial charge in [0.2, 0.25) is 5.76 Å². The van der Waals surface area contributed by atoms with E-state index in [0.29, 0.717) is 32.4 Å². The first-order valence-corrected chi connectivity index (χ1v) is 11.7. The zero-order valence-electron chi connectivity index (χ0n) is 18.2. The first-order chi connectivity index (χ1) is 16.4. The number of fused-ring (bicyclic) bond motifs is 3. The number of aromatic nitrogens is 1. The van der Waals surface area contributed by atoms with Crippen molar-refractivity contribution >= 4 is 55.2 Å². The Labute approximate surface area is 203 Å². The molecule has 0 bridgehead atoms. The number of ether oxygens (including phenoxy) is 1. The maximum atomic E-state index is 13.7. The van der Waals surface area contributed by atoms with Crippen LogP contribution < -0.4 is 15.1 Å². The van der Waals surface area contributed by atoms with Gasteiger partial charge in [-0.2, -0.15) is 0 Å². The molecule has 1 atom stereocenters. The zero-order chi connectivity index (χ0) is 23.6. The average Bonchev–Trinajstić information content (AvgIpc) is 3.38. The number of halogens is 1. The van der Waals surface area contributed by atoms with E-state index < -0.39 is 11.9 Å². The molecule has 34 heavy (non-hydrogen) atoms. The predicted molar refractivity (Wildman–Crippen MR) is 133 cm³/mol. The van der Waals surface area contributed by atoms with Crippen molar-refractivity contribution in [3.63, 3.8) is 0 Å². The van der Waals surface area contributed by atoms with E-state index in [1.807, 2.05) is 49.4 Å². The second-order valence-corrected chi connectivity index (χ2v) is 9.58. The molecule has 2 aromatic heterocycles. The lowest BCUT2D eigenvalue weighted by Gasteiger charge is -2.22. The number of anilines is 1. The number of rotatable bonds is 3. The van der Waals surface area contributed by atoms with Crippen LogP contribution in [0.2, 0.25) is 5.02 Å². The van der Waals surface area contributed by atoms with Gasteiger partial charge in [0.15, 0.2) is 10.6 Å². The standard InChI is InChI=1S/C26H17ClN2O4S/c1-13-3-5-14(6-4-13)22-21-23(30)17-11-15(27)7-10-19(17)33-24(21)25(31)29(22)26-28-18-9-8-16(32-2)12-20(18)34-26/h3-12,22H,1-2H3. The van der Waals surface area contributed by atoms with Crippen LogP contribution in [-0.4, -0.2) is 18.0 Å². The third-order valence-corrected chi connectivity index (χ3v) is 7.27. The molecule has 3 aromatic carbocycles. The summed E-state index contributed by atoms with van der Waals surface area (Å²) in [6, 6.07) is 17.5. The summed E-state index contributed by atoms with van der Waals surface area (Å²) in [4.78, 5) is 33.7. The van der Waals surface area contributed by atoms with Crippen LogP contribution in [0, 0.1) is 6.92 Å². The van der Waals surface area contributed by atoms with Gasteiger partial charge in [-0.15, -0.1) is 0 Å². The van der Waals surface area contributed by atoms with Gasteiger partial charge < -0.3 is 9.15 Å². The van der Waals surface area contributed by atoms with E-state index in [2.05, 4.69) is 0 Å². The molecule has 0 N–H and O–H groups in total. The molecule has 0 spiro atoms. The minimum Gasteiger partial charge on any atom is -0.497 e. The lowest BCUT2D eigenvalue weighted by atomic mass is 9.98. The third-order valence-electron chi connectivity index (χ3n) is 6.02. The fourth-order valence-electron chi connectivity index (χ4n) is 4.33. The summed E-state index contributed by atoms with van der Waals surface area (Å²) in [6.45, 7) is 1.99. The molecular weight excluding hydrogens is 472 g/mol. The Morgan fingerprint density at radius 2 is 1.85 bits per heavy atom. The zero-order valence-corrected chi connectivity index (χ0v) is 19.7. The molecule has 0 fully saturated rings. The molecule has 1 aliphatic rings. The molecule has 3 heterocycles. The molecule has 0 saturated carbocycles. The molecule has 0 aliphatic carbocycles. The summed E-state index contributed by atoms with van der Waals surface area (Å²) in [6.07, 6.45) is 0. The van der Waals surface area contributed by atoms with E-state index >= 15 is 0 Å². The van der Waals surface area contributed by atoms with Crippen LogP contribution in [-0.2, 0) is 0 Å². The molecular formula is C26H17ClN2O4S. The molecule has 1 aliphatic heterocycles. The monoisotopic (exact) mass is 488 g/mol. The van der Waals surface area contributed by atoms with Crippen molar-refractivity contribution in [2.75, 3.05) is 12.0 Å². The molecule has 5 aromatic rings. The first-order valence-electron chi connectivity index (χ1n) is 10.6. The van der Waals surface area contributed by atoms with Gasteiger partial charge in [-0.05, 0) is 48.9 Å². The number of carbonyl (C=O) groups excluding carboxylic acids is 1. The lowest BCUT2D eigenvalue weighted by Crippen LogP contribution is -2.29. The van der Waals surface area contributed by atoms with Crippen LogP contribution >= 0.6 is 22.9 Å². The first kappa shape index (κ1) is 20.9. The summed E-state index contributed by atoms with van der Waals surface area (Å²) >= 11 is 7.52. The number of methoxy groups -OCH3 is 1. The normalized spacial score (nSPS) is 15.3. The van der Waals surface area contributed by atoms with Crippen molar-refractivity contribution in [3.8, 4) is 5.75 Å². The Hall–Kier alpha value is -3.68. The average molecular weight is 489 g/mol. The number of benzene rings is 3. The molecule has 8 heteroatoms. The van der Waals surface area contributed by atoms with Crippen LogP contribution in [0.1, 0.15) is 33.3 Å². The van der Waals surface area contributed by atoms with Crippen LogP contribution in [0.3, 0.4) is 0 Å². The Morgan fingerprint density at radius 1 is 1.06 bits per heavy atom. The van der Waals surface area contributed by atoms with Gasteiger partial charge in [-0.3, -0.25) is 14.5 Å². The molecule has 168 valence electrons. The Balaban J connectivity index is 1.62. The highest BCUT2D eigenvalue weighted by Crippen LogP contribution is 2.44. The van der Waals surface area contributed by atoms with Gasteiger partial charge >= 0.3 is 0 Å².